The van der Waals surface area contributed by atoms with Crippen molar-refractivity contribution in [3.8, 4) is 5.75 Å². The van der Waals surface area contributed by atoms with E-state index < -0.39 is 0 Å². The Morgan fingerprint density at radius 2 is 1.69 bits per heavy atom. The van der Waals surface area contributed by atoms with Gasteiger partial charge in [-0.25, -0.2) is 4.98 Å². The van der Waals surface area contributed by atoms with Crippen LogP contribution >= 0.6 is 15.9 Å². The molecular formula is C29H24BrN3O2. The van der Waals surface area contributed by atoms with E-state index in [-0.39, 0.29) is 11.8 Å². The monoisotopic (exact) mass is 525 g/mol. The second-order valence-electron chi connectivity index (χ2n) is 8.82. The highest BCUT2D eigenvalue weighted by molar-refractivity contribution is 9.10. The minimum absolute atomic E-state index is 0.0242. The maximum Gasteiger partial charge on any atom is 0.227 e. The van der Waals surface area contributed by atoms with Crippen LogP contribution in [0.3, 0.4) is 0 Å². The molecular weight excluding hydrogens is 502 g/mol. The molecule has 0 bridgehead atoms. The number of ether oxygens (including phenoxy) is 1. The first-order valence-electron chi connectivity index (χ1n) is 11.8. The number of benzene rings is 4. The van der Waals surface area contributed by atoms with Gasteiger partial charge in [0.15, 0.2) is 0 Å². The number of amides is 1. The quantitative estimate of drug-likeness (QED) is 0.252. The zero-order valence-corrected chi connectivity index (χ0v) is 20.7. The molecule has 1 fully saturated rings. The number of imidazole rings is 1. The molecule has 0 radical (unpaired) electrons. The number of para-hydroxylation sites is 2. The molecule has 1 amide bonds. The molecule has 1 unspecified atom stereocenters. The summed E-state index contributed by atoms with van der Waals surface area (Å²) in [5.74, 6) is 1.98. The van der Waals surface area contributed by atoms with Gasteiger partial charge in [-0.3, -0.25) is 4.79 Å². The molecule has 35 heavy (non-hydrogen) atoms. The van der Waals surface area contributed by atoms with E-state index >= 15 is 0 Å². The number of fused-ring (bicyclic) bond motifs is 2. The lowest BCUT2D eigenvalue weighted by molar-refractivity contribution is -0.117. The molecule has 5 nitrogen and oxygen atoms in total. The fourth-order valence-electron chi connectivity index (χ4n) is 4.96. The van der Waals surface area contributed by atoms with Crippen LogP contribution in [0.4, 0.5) is 5.69 Å². The molecule has 1 aromatic heterocycles. The van der Waals surface area contributed by atoms with Gasteiger partial charge in [0.1, 0.15) is 18.2 Å². The van der Waals surface area contributed by atoms with Crippen LogP contribution in [0.15, 0.2) is 95.5 Å². The lowest BCUT2D eigenvalue weighted by Crippen LogP contribution is -2.24. The standard InChI is InChI=1S/C29H24BrN3O2/c30-22-12-14-23(15-13-22)33-19-21(18-28(33)34)29-31-25-9-3-4-10-26(25)32(29)16-17-35-27-11-5-7-20-6-1-2-8-24(20)27/h1-15,21H,16-19H2. The highest BCUT2D eigenvalue weighted by Crippen LogP contribution is 2.34. The van der Waals surface area contributed by atoms with Gasteiger partial charge in [-0.2, -0.15) is 0 Å². The first kappa shape index (κ1) is 21.9. The van der Waals surface area contributed by atoms with Gasteiger partial charge in [0.05, 0.1) is 17.6 Å². The fraction of sp³-hybridized carbons (Fsp3) is 0.172. The van der Waals surface area contributed by atoms with E-state index in [1.165, 1.54) is 0 Å². The van der Waals surface area contributed by atoms with Crippen LogP contribution in [0.25, 0.3) is 21.8 Å². The molecule has 1 saturated heterocycles. The summed E-state index contributed by atoms with van der Waals surface area (Å²) in [6, 6.07) is 30.4. The molecule has 0 N–H and O–H groups in total. The first-order valence-corrected chi connectivity index (χ1v) is 12.6. The Labute approximate surface area is 212 Å². The molecule has 174 valence electrons. The van der Waals surface area contributed by atoms with E-state index in [2.05, 4.69) is 44.8 Å². The highest BCUT2D eigenvalue weighted by atomic mass is 79.9. The predicted octanol–water partition coefficient (Wildman–Crippen LogP) is 6.55. The number of anilines is 1. The summed E-state index contributed by atoms with van der Waals surface area (Å²) in [6.07, 6.45) is 0.448. The Morgan fingerprint density at radius 1 is 0.914 bits per heavy atom. The van der Waals surface area contributed by atoms with Crippen LogP contribution in [0, 0.1) is 0 Å². The molecule has 2 heterocycles. The number of nitrogens with zero attached hydrogens (tertiary/aromatic N) is 3. The number of hydrogen-bond acceptors (Lipinski definition) is 3. The summed E-state index contributed by atoms with van der Waals surface area (Å²) in [7, 11) is 0. The van der Waals surface area contributed by atoms with Gasteiger partial charge in [-0.15, -0.1) is 0 Å². The lowest BCUT2D eigenvalue weighted by atomic mass is 10.1. The van der Waals surface area contributed by atoms with E-state index in [9.17, 15) is 4.79 Å². The topological polar surface area (TPSA) is 47.4 Å². The van der Waals surface area contributed by atoms with Crippen molar-refractivity contribution in [3.05, 3.63) is 101 Å². The van der Waals surface area contributed by atoms with Crippen LogP contribution in [-0.2, 0) is 11.3 Å². The minimum atomic E-state index is 0.0242. The molecule has 1 aliphatic rings. The minimum Gasteiger partial charge on any atom is -0.491 e. The average molecular weight is 526 g/mol. The van der Waals surface area contributed by atoms with Gasteiger partial charge in [0.2, 0.25) is 5.91 Å². The molecule has 1 aliphatic heterocycles. The second-order valence-corrected chi connectivity index (χ2v) is 9.73. The Hall–Kier alpha value is -3.64. The van der Waals surface area contributed by atoms with E-state index in [0.29, 0.717) is 26.1 Å². The summed E-state index contributed by atoms with van der Waals surface area (Å²) in [5, 5.41) is 2.27. The molecule has 4 aromatic carbocycles. The van der Waals surface area contributed by atoms with E-state index in [1.54, 1.807) is 0 Å². The number of carbonyl (C=O) groups is 1. The van der Waals surface area contributed by atoms with E-state index in [4.69, 9.17) is 9.72 Å². The number of halogens is 1. The van der Waals surface area contributed by atoms with Crippen molar-refractivity contribution in [2.45, 2.75) is 18.9 Å². The SMILES string of the molecule is O=C1CC(c2nc3ccccc3n2CCOc2cccc3ccccc23)CN1c1ccc(Br)cc1. The van der Waals surface area contributed by atoms with Gasteiger partial charge in [-0.1, -0.05) is 64.5 Å². The van der Waals surface area contributed by atoms with Crippen molar-refractivity contribution >= 4 is 49.3 Å². The number of rotatable bonds is 6. The van der Waals surface area contributed by atoms with E-state index in [1.807, 2.05) is 71.6 Å². The van der Waals surface area contributed by atoms with Crippen LogP contribution < -0.4 is 9.64 Å². The summed E-state index contributed by atoms with van der Waals surface area (Å²) in [5.41, 5.74) is 2.93. The van der Waals surface area contributed by atoms with Crippen molar-refractivity contribution < 1.29 is 9.53 Å². The highest BCUT2D eigenvalue weighted by Gasteiger charge is 2.34. The first-order chi connectivity index (χ1) is 17.2. The smallest absolute Gasteiger partial charge is 0.227 e. The van der Waals surface area contributed by atoms with Crippen molar-refractivity contribution in [3.63, 3.8) is 0 Å². The Balaban J connectivity index is 1.27. The molecule has 6 heteroatoms. The molecule has 0 saturated carbocycles. The molecule has 5 aromatic rings. The lowest BCUT2D eigenvalue weighted by Gasteiger charge is -2.18. The number of aromatic nitrogens is 2. The van der Waals surface area contributed by atoms with Gasteiger partial charge >= 0.3 is 0 Å². The summed E-state index contributed by atoms with van der Waals surface area (Å²) in [6.45, 7) is 1.79. The van der Waals surface area contributed by atoms with Crippen LogP contribution in [0.5, 0.6) is 5.75 Å². The van der Waals surface area contributed by atoms with Crippen molar-refractivity contribution in [2.75, 3.05) is 18.1 Å². The zero-order chi connectivity index (χ0) is 23.8. The zero-order valence-electron chi connectivity index (χ0n) is 19.1. The van der Waals surface area contributed by atoms with Gasteiger partial charge in [0.25, 0.3) is 0 Å². The third-order valence-corrected chi connectivity index (χ3v) is 7.16. The van der Waals surface area contributed by atoms with Gasteiger partial charge in [0, 0.05) is 34.4 Å². The maximum absolute atomic E-state index is 12.9. The van der Waals surface area contributed by atoms with Crippen LogP contribution in [0.2, 0.25) is 0 Å². The van der Waals surface area contributed by atoms with Gasteiger partial charge in [-0.05, 0) is 47.9 Å². The summed E-state index contributed by atoms with van der Waals surface area (Å²) < 4.78 is 9.47. The Morgan fingerprint density at radius 3 is 2.57 bits per heavy atom. The number of carbonyl (C=O) groups excluding carboxylic acids is 1. The molecule has 1 atom stereocenters. The maximum atomic E-state index is 12.9. The second kappa shape index (κ2) is 9.19. The van der Waals surface area contributed by atoms with Gasteiger partial charge < -0.3 is 14.2 Å². The fourth-order valence-corrected chi connectivity index (χ4v) is 5.22. The predicted molar refractivity (Wildman–Crippen MR) is 143 cm³/mol. The Kier molecular flexibility index (Phi) is 5.74. The average Bonchev–Trinajstić information content (AvgIpc) is 3.45. The summed E-state index contributed by atoms with van der Waals surface area (Å²) >= 11 is 3.47. The molecule has 6 rings (SSSR count). The van der Waals surface area contributed by atoms with E-state index in [0.717, 1.165) is 43.5 Å². The molecule has 0 aliphatic carbocycles. The van der Waals surface area contributed by atoms with Crippen molar-refractivity contribution in [1.82, 2.24) is 9.55 Å². The summed E-state index contributed by atoms with van der Waals surface area (Å²) in [4.78, 5) is 19.8. The Bertz CT molecular complexity index is 1520. The largest absolute Gasteiger partial charge is 0.491 e. The van der Waals surface area contributed by atoms with Crippen molar-refractivity contribution in [1.29, 1.82) is 0 Å². The van der Waals surface area contributed by atoms with Crippen molar-refractivity contribution in [2.24, 2.45) is 0 Å². The normalized spacial score (nSPS) is 15.9. The third-order valence-electron chi connectivity index (χ3n) is 6.63. The van der Waals surface area contributed by atoms with Crippen LogP contribution in [-0.4, -0.2) is 28.6 Å². The van der Waals surface area contributed by atoms with Crippen LogP contribution in [0.1, 0.15) is 18.2 Å². The third kappa shape index (κ3) is 4.19. The molecule has 0 spiro atoms. The number of hydrogen-bond donors (Lipinski definition) is 0.